The molecule has 1 atom stereocenters. The summed E-state index contributed by atoms with van der Waals surface area (Å²) in [7, 11) is 3.22. The number of hydrogen-bond donors (Lipinski definition) is 1. The van der Waals surface area contributed by atoms with Gasteiger partial charge in [0.25, 0.3) is 5.91 Å². The zero-order chi connectivity index (χ0) is 16.7. The van der Waals surface area contributed by atoms with Crippen LogP contribution in [-0.2, 0) is 20.7 Å². The van der Waals surface area contributed by atoms with Crippen molar-refractivity contribution in [2.45, 2.75) is 12.8 Å². The van der Waals surface area contributed by atoms with Crippen LogP contribution in [0.5, 0.6) is 5.75 Å². The van der Waals surface area contributed by atoms with Crippen molar-refractivity contribution >= 4 is 11.8 Å². The zero-order valence-electron chi connectivity index (χ0n) is 13.7. The Kier molecular flexibility index (Phi) is 6.40. The van der Waals surface area contributed by atoms with Crippen LogP contribution < -0.4 is 10.1 Å². The molecule has 2 rings (SSSR count). The number of rotatable bonds is 8. The monoisotopic (exact) mass is 320 g/mol. The van der Waals surface area contributed by atoms with Gasteiger partial charge in [-0.3, -0.25) is 9.59 Å². The fraction of sp³-hybridized carbons (Fsp3) is 0.529. The molecule has 0 spiro atoms. The molecule has 1 aromatic rings. The van der Waals surface area contributed by atoms with Crippen LogP contribution in [0, 0.1) is 5.92 Å². The third kappa shape index (κ3) is 5.25. The number of likely N-dealkylation sites (N-methyl/N-ethyl adjacent to an activating group) is 1. The topological polar surface area (TPSA) is 67.9 Å². The summed E-state index contributed by atoms with van der Waals surface area (Å²) < 4.78 is 10.4. The average Bonchev–Trinajstić information content (AvgIpc) is 2.91. The second-order valence-corrected chi connectivity index (χ2v) is 5.71. The second kappa shape index (κ2) is 8.53. The van der Waals surface area contributed by atoms with Crippen molar-refractivity contribution in [2.24, 2.45) is 5.92 Å². The molecule has 1 saturated heterocycles. The minimum absolute atomic E-state index is 0.0153. The van der Waals surface area contributed by atoms with Gasteiger partial charge in [-0.1, -0.05) is 12.1 Å². The third-order valence-electron chi connectivity index (χ3n) is 3.96. The van der Waals surface area contributed by atoms with Crippen molar-refractivity contribution in [3.63, 3.8) is 0 Å². The molecule has 0 radical (unpaired) electrons. The molecule has 0 saturated carbocycles. The van der Waals surface area contributed by atoms with Gasteiger partial charge in [-0.2, -0.15) is 0 Å². The molecule has 2 amide bonds. The van der Waals surface area contributed by atoms with Crippen molar-refractivity contribution in [3.05, 3.63) is 29.8 Å². The molecule has 1 aliphatic heterocycles. The van der Waals surface area contributed by atoms with E-state index in [1.807, 2.05) is 29.2 Å². The SMILES string of the molecule is CNC(=O)COc1ccc(C[C@@H]2CC(=O)N(CCOC)C2)cc1. The molecule has 126 valence electrons. The molecule has 6 heteroatoms. The summed E-state index contributed by atoms with van der Waals surface area (Å²) in [5.74, 6) is 1.06. The van der Waals surface area contributed by atoms with Crippen LogP contribution in [0.15, 0.2) is 24.3 Å². The number of methoxy groups -OCH3 is 1. The summed E-state index contributed by atoms with van der Waals surface area (Å²) >= 11 is 0. The molecule has 0 unspecified atom stereocenters. The molecule has 6 nitrogen and oxygen atoms in total. The van der Waals surface area contributed by atoms with Crippen LogP contribution in [0.4, 0.5) is 0 Å². The summed E-state index contributed by atoms with van der Waals surface area (Å²) in [6, 6.07) is 7.69. The fourth-order valence-electron chi connectivity index (χ4n) is 2.68. The van der Waals surface area contributed by atoms with Crippen LogP contribution in [-0.4, -0.2) is 57.2 Å². The van der Waals surface area contributed by atoms with Crippen LogP contribution in [0.3, 0.4) is 0 Å². The summed E-state index contributed by atoms with van der Waals surface area (Å²) in [5.41, 5.74) is 1.17. The number of likely N-dealkylation sites (tertiary alicyclic amines) is 1. The van der Waals surface area contributed by atoms with E-state index in [9.17, 15) is 9.59 Å². The number of nitrogens with zero attached hydrogens (tertiary/aromatic N) is 1. The van der Waals surface area contributed by atoms with Crippen molar-refractivity contribution in [1.82, 2.24) is 10.2 Å². The Morgan fingerprint density at radius 1 is 1.35 bits per heavy atom. The minimum atomic E-state index is -0.158. The van der Waals surface area contributed by atoms with Crippen molar-refractivity contribution in [1.29, 1.82) is 0 Å². The Morgan fingerprint density at radius 3 is 2.74 bits per heavy atom. The van der Waals surface area contributed by atoms with E-state index in [1.54, 1.807) is 14.2 Å². The molecule has 0 bridgehead atoms. The normalized spacial score (nSPS) is 17.4. The van der Waals surface area contributed by atoms with Crippen molar-refractivity contribution in [2.75, 3.05) is 40.5 Å². The van der Waals surface area contributed by atoms with E-state index in [-0.39, 0.29) is 18.4 Å². The summed E-state index contributed by atoms with van der Waals surface area (Å²) in [5, 5.41) is 2.51. The Morgan fingerprint density at radius 2 is 2.09 bits per heavy atom. The summed E-state index contributed by atoms with van der Waals surface area (Å²) in [6.45, 7) is 2.05. The molecule has 0 aliphatic carbocycles. The predicted octanol–water partition coefficient (Wildman–Crippen LogP) is 0.849. The Bertz CT molecular complexity index is 530. The first kappa shape index (κ1) is 17.3. The molecule has 0 aromatic heterocycles. The lowest BCUT2D eigenvalue weighted by Crippen LogP contribution is -2.28. The van der Waals surface area contributed by atoms with E-state index in [0.717, 1.165) is 13.0 Å². The van der Waals surface area contributed by atoms with Gasteiger partial charge in [-0.25, -0.2) is 0 Å². The van der Waals surface area contributed by atoms with Gasteiger partial charge >= 0.3 is 0 Å². The maximum atomic E-state index is 11.9. The highest BCUT2D eigenvalue weighted by molar-refractivity contribution is 5.78. The maximum Gasteiger partial charge on any atom is 0.257 e. The number of carbonyl (C=O) groups excluding carboxylic acids is 2. The lowest BCUT2D eigenvalue weighted by molar-refractivity contribution is -0.128. The highest BCUT2D eigenvalue weighted by atomic mass is 16.5. The second-order valence-electron chi connectivity index (χ2n) is 5.71. The first-order valence-corrected chi connectivity index (χ1v) is 7.81. The summed E-state index contributed by atoms with van der Waals surface area (Å²) in [4.78, 5) is 24.9. The van der Waals surface area contributed by atoms with Crippen molar-refractivity contribution < 1.29 is 19.1 Å². The van der Waals surface area contributed by atoms with Gasteiger partial charge in [0.1, 0.15) is 5.75 Å². The molecular formula is C17H24N2O4. The maximum absolute atomic E-state index is 11.9. The van der Waals surface area contributed by atoms with Crippen LogP contribution in [0.2, 0.25) is 0 Å². The van der Waals surface area contributed by atoms with E-state index in [2.05, 4.69) is 5.32 Å². The number of hydrogen-bond acceptors (Lipinski definition) is 4. The summed E-state index contributed by atoms with van der Waals surface area (Å²) in [6.07, 6.45) is 1.46. The number of ether oxygens (including phenoxy) is 2. The molecular weight excluding hydrogens is 296 g/mol. The van der Waals surface area contributed by atoms with E-state index in [1.165, 1.54) is 5.56 Å². The van der Waals surface area contributed by atoms with Gasteiger partial charge in [0.2, 0.25) is 5.91 Å². The largest absolute Gasteiger partial charge is 0.484 e. The molecule has 1 N–H and O–H groups in total. The molecule has 1 heterocycles. The van der Waals surface area contributed by atoms with Gasteiger partial charge in [0.15, 0.2) is 6.61 Å². The first-order chi connectivity index (χ1) is 11.1. The van der Waals surface area contributed by atoms with Crippen LogP contribution in [0.25, 0.3) is 0 Å². The predicted molar refractivity (Wildman–Crippen MR) is 86.3 cm³/mol. The Hall–Kier alpha value is -2.08. The number of nitrogens with one attached hydrogen (secondary N) is 1. The Labute approximate surface area is 136 Å². The van der Waals surface area contributed by atoms with Crippen molar-refractivity contribution in [3.8, 4) is 5.75 Å². The van der Waals surface area contributed by atoms with Gasteiger partial charge in [-0.15, -0.1) is 0 Å². The van der Waals surface area contributed by atoms with Crippen LogP contribution >= 0.6 is 0 Å². The van der Waals surface area contributed by atoms with Gasteiger partial charge in [-0.05, 0) is 30.0 Å². The highest BCUT2D eigenvalue weighted by Gasteiger charge is 2.29. The quantitative estimate of drug-likeness (QED) is 0.771. The Balaban J connectivity index is 1.82. The molecule has 1 fully saturated rings. The first-order valence-electron chi connectivity index (χ1n) is 7.81. The zero-order valence-corrected chi connectivity index (χ0v) is 13.7. The van der Waals surface area contributed by atoms with Gasteiger partial charge in [0, 0.05) is 33.7 Å². The molecule has 1 aromatic carbocycles. The van der Waals surface area contributed by atoms with Gasteiger partial charge in [0.05, 0.1) is 6.61 Å². The molecule has 1 aliphatic rings. The molecule has 23 heavy (non-hydrogen) atoms. The van der Waals surface area contributed by atoms with E-state index in [0.29, 0.717) is 31.2 Å². The lowest BCUT2D eigenvalue weighted by Gasteiger charge is -2.16. The number of carbonyl (C=O) groups is 2. The average molecular weight is 320 g/mol. The third-order valence-corrected chi connectivity index (χ3v) is 3.96. The van der Waals surface area contributed by atoms with E-state index >= 15 is 0 Å². The van der Waals surface area contributed by atoms with Crippen LogP contribution in [0.1, 0.15) is 12.0 Å². The number of amides is 2. The standard InChI is InChI=1S/C17H24N2O4/c1-18-16(20)12-23-15-5-3-13(4-6-15)9-14-10-17(21)19(11-14)7-8-22-2/h3-6,14H,7-12H2,1-2H3,(H,18,20)/t14-/m1/s1. The minimum Gasteiger partial charge on any atom is -0.484 e. The van der Waals surface area contributed by atoms with Gasteiger partial charge < -0.3 is 19.7 Å². The van der Waals surface area contributed by atoms with E-state index < -0.39 is 0 Å². The smallest absolute Gasteiger partial charge is 0.257 e. The lowest BCUT2D eigenvalue weighted by atomic mass is 9.98. The van der Waals surface area contributed by atoms with E-state index in [4.69, 9.17) is 9.47 Å². The highest BCUT2D eigenvalue weighted by Crippen LogP contribution is 2.23. The fourth-order valence-corrected chi connectivity index (χ4v) is 2.68. The number of benzene rings is 1.